The van der Waals surface area contributed by atoms with Gasteiger partial charge in [0.25, 0.3) is 0 Å². The average Bonchev–Trinajstić information content (AvgIpc) is 2.29. The summed E-state index contributed by atoms with van der Waals surface area (Å²) in [5.74, 6) is 0.0994. The largest absolute Gasteiger partial charge is 0.423 e. The van der Waals surface area contributed by atoms with Gasteiger partial charge in [0.15, 0.2) is 0 Å². The van der Waals surface area contributed by atoms with Crippen molar-refractivity contribution in [2.45, 2.75) is 6.92 Å². The van der Waals surface area contributed by atoms with Gasteiger partial charge in [-0.25, -0.2) is 4.79 Å². The van der Waals surface area contributed by atoms with Gasteiger partial charge in [-0.1, -0.05) is 43.5 Å². The van der Waals surface area contributed by atoms with Gasteiger partial charge in [-0.3, -0.25) is 0 Å². The number of carbonyl (C=O) groups is 1. The van der Waals surface area contributed by atoms with E-state index in [9.17, 15) is 4.79 Å². The summed E-state index contributed by atoms with van der Waals surface area (Å²) in [6, 6.07) is 7.23. The van der Waals surface area contributed by atoms with E-state index in [0.29, 0.717) is 5.75 Å². The molecule has 0 aliphatic carbocycles. The van der Waals surface area contributed by atoms with Gasteiger partial charge in [0.05, 0.1) is 0 Å². The van der Waals surface area contributed by atoms with Crippen LogP contribution in [0.5, 0.6) is 5.75 Å². The standard InChI is InChI=1S/C14H14O2/c1-4-11(3)10-14(15)16-13-9-7-6-8-12(13)5-2/h4-10H,1-2H2,3H3/b11-10+. The second-order valence-corrected chi connectivity index (χ2v) is 3.26. The molecule has 16 heavy (non-hydrogen) atoms. The third-order valence-corrected chi connectivity index (χ3v) is 2.02. The second-order valence-electron chi connectivity index (χ2n) is 3.26. The molecule has 0 aliphatic heterocycles. The highest BCUT2D eigenvalue weighted by Gasteiger charge is 2.04. The molecule has 0 saturated heterocycles. The summed E-state index contributed by atoms with van der Waals surface area (Å²) in [5, 5.41) is 0. The van der Waals surface area contributed by atoms with Gasteiger partial charge in [0, 0.05) is 11.6 Å². The van der Waals surface area contributed by atoms with Gasteiger partial charge in [-0.15, -0.1) is 0 Å². The minimum Gasteiger partial charge on any atom is -0.423 e. The molecule has 82 valence electrons. The Morgan fingerprint density at radius 3 is 2.62 bits per heavy atom. The average molecular weight is 214 g/mol. The maximum Gasteiger partial charge on any atom is 0.336 e. The number of para-hydroxylation sites is 1. The molecule has 2 heteroatoms. The normalized spacial score (nSPS) is 10.7. The fraction of sp³-hybridized carbons (Fsp3) is 0.0714. The summed E-state index contributed by atoms with van der Waals surface area (Å²) >= 11 is 0. The van der Waals surface area contributed by atoms with Crippen molar-refractivity contribution in [2.24, 2.45) is 0 Å². The molecular formula is C14H14O2. The lowest BCUT2D eigenvalue weighted by molar-refractivity contribution is -0.129. The van der Waals surface area contributed by atoms with Crippen LogP contribution in [0.15, 0.2) is 55.1 Å². The SMILES string of the molecule is C=C/C(C)=C/C(=O)Oc1ccccc1C=C. The summed E-state index contributed by atoms with van der Waals surface area (Å²) in [6.07, 6.45) is 4.64. The van der Waals surface area contributed by atoms with Gasteiger partial charge >= 0.3 is 5.97 Å². The monoisotopic (exact) mass is 214 g/mol. The van der Waals surface area contributed by atoms with Crippen LogP contribution in [0.2, 0.25) is 0 Å². The molecule has 0 aliphatic rings. The molecule has 0 saturated carbocycles. The predicted octanol–water partition coefficient (Wildman–Crippen LogP) is 3.37. The third-order valence-electron chi connectivity index (χ3n) is 2.02. The van der Waals surface area contributed by atoms with Crippen LogP contribution in [0.4, 0.5) is 0 Å². The Kier molecular flexibility index (Phi) is 4.28. The maximum absolute atomic E-state index is 11.5. The number of hydrogen-bond donors (Lipinski definition) is 0. The molecule has 1 aromatic rings. The highest BCUT2D eigenvalue weighted by Crippen LogP contribution is 2.19. The Morgan fingerprint density at radius 1 is 1.31 bits per heavy atom. The number of allylic oxidation sites excluding steroid dienone is 2. The van der Waals surface area contributed by atoms with Gasteiger partial charge in [-0.05, 0) is 18.6 Å². The molecule has 0 bridgehead atoms. The molecule has 0 heterocycles. The van der Waals surface area contributed by atoms with Crippen LogP contribution < -0.4 is 4.74 Å². The Morgan fingerprint density at radius 2 is 2.00 bits per heavy atom. The smallest absolute Gasteiger partial charge is 0.336 e. The molecule has 0 fully saturated rings. The quantitative estimate of drug-likeness (QED) is 0.332. The molecule has 1 aromatic carbocycles. The fourth-order valence-corrected chi connectivity index (χ4v) is 1.12. The molecular weight excluding hydrogens is 200 g/mol. The molecule has 0 N–H and O–H groups in total. The lowest BCUT2D eigenvalue weighted by Crippen LogP contribution is -2.05. The lowest BCUT2D eigenvalue weighted by Gasteiger charge is -2.04. The van der Waals surface area contributed by atoms with E-state index in [1.54, 1.807) is 31.2 Å². The first kappa shape index (κ1) is 12.0. The van der Waals surface area contributed by atoms with Crippen LogP contribution >= 0.6 is 0 Å². The first-order chi connectivity index (χ1) is 7.67. The fourth-order valence-electron chi connectivity index (χ4n) is 1.12. The number of carbonyl (C=O) groups excluding carboxylic acids is 1. The summed E-state index contributed by atoms with van der Waals surface area (Å²) in [6.45, 7) is 9.00. The van der Waals surface area contributed by atoms with Crippen LogP contribution in [0.3, 0.4) is 0 Å². The number of esters is 1. The zero-order valence-electron chi connectivity index (χ0n) is 9.27. The Labute approximate surface area is 95.6 Å². The van der Waals surface area contributed by atoms with Crippen LogP contribution in [0.1, 0.15) is 12.5 Å². The zero-order chi connectivity index (χ0) is 12.0. The highest BCUT2D eigenvalue weighted by atomic mass is 16.5. The van der Waals surface area contributed by atoms with E-state index in [1.807, 2.05) is 12.1 Å². The number of ether oxygens (including phenoxy) is 1. The summed E-state index contributed by atoms with van der Waals surface area (Å²) < 4.78 is 5.17. The van der Waals surface area contributed by atoms with E-state index < -0.39 is 5.97 Å². The highest BCUT2D eigenvalue weighted by molar-refractivity contribution is 5.85. The molecule has 0 radical (unpaired) electrons. The minimum atomic E-state index is -0.410. The molecule has 0 unspecified atom stereocenters. The topological polar surface area (TPSA) is 26.3 Å². The van der Waals surface area contributed by atoms with E-state index in [2.05, 4.69) is 13.2 Å². The van der Waals surface area contributed by atoms with Crippen molar-refractivity contribution in [1.82, 2.24) is 0 Å². The van der Waals surface area contributed by atoms with Crippen molar-refractivity contribution >= 4 is 12.0 Å². The number of benzene rings is 1. The molecule has 2 nitrogen and oxygen atoms in total. The lowest BCUT2D eigenvalue weighted by atomic mass is 10.2. The number of hydrogen-bond acceptors (Lipinski definition) is 2. The molecule has 0 atom stereocenters. The van der Waals surface area contributed by atoms with Gasteiger partial charge in [0.2, 0.25) is 0 Å². The van der Waals surface area contributed by atoms with E-state index in [0.717, 1.165) is 11.1 Å². The Bertz CT molecular complexity index is 442. The molecule has 0 amide bonds. The zero-order valence-corrected chi connectivity index (χ0v) is 9.27. The van der Waals surface area contributed by atoms with Crippen molar-refractivity contribution in [1.29, 1.82) is 0 Å². The number of rotatable bonds is 4. The first-order valence-electron chi connectivity index (χ1n) is 4.91. The maximum atomic E-state index is 11.5. The van der Waals surface area contributed by atoms with Crippen molar-refractivity contribution < 1.29 is 9.53 Å². The van der Waals surface area contributed by atoms with Crippen molar-refractivity contribution in [3.8, 4) is 5.75 Å². The molecule has 0 spiro atoms. The first-order valence-corrected chi connectivity index (χ1v) is 4.91. The second kappa shape index (κ2) is 5.71. The summed E-state index contributed by atoms with van der Waals surface area (Å²) in [5.41, 5.74) is 1.56. The molecule has 0 aromatic heterocycles. The molecule has 1 rings (SSSR count). The van der Waals surface area contributed by atoms with E-state index in [1.165, 1.54) is 6.08 Å². The minimum absolute atomic E-state index is 0.410. The van der Waals surface area contributed by atoms with Gasteiger partial charge < -0.3 is 4.74 Å². The summed E-state index contributed by atoms with van der Waals surface area (Å²) in [4.78, 5) is 11.5. The van der Waals surface area contributed by atoms with Crippen LogP contribution in [0.25, 0.3) is 6.08 Å². The van der Waals surface area contributed by atoms with Crippen LogP contribution in [-0.4, -0.2) is 5.97 Å². The van der Waals surface area contributed by atoms with E-state index in [4.69, 9.17) is 4.74 Å². The Hall–Kier alpha value is -2.09. The van der Waals surface area contributed by atoms with Gasteiger partial charge in [0.1, 0.15) is 5.75 Å². The summed E-state index contributed by atoms with van der Waals surface area (Å²) in [7, 11) is 0. The van der Waals surface area contributed by atoms with E-state index >= 15 is 0 Å². The van der Waals surface area contributed by atoms with E-state index in [-0.39, 0.29) is 0 Å². The Balaban J connectivity index is 2.85. The van der Waals surface area contributed by atoms with Crippen molar-refractivity contribution in [3.05, 3.63) is 60.7 Å². The predicted molar refractivity (Wildman–Crippen MR) is 66.1 cm³/mol. The van der Waals surface area contributed by atoms with Crippen molar-refractivity contribution in [3.63, 3.8) is 0 Å². The van der Waals surface area contributed by atoms with Crippen LogP contribution in [-0.2, 0) is 4.79 Å². The van der Waals surface area contributed by atoms with Gasteiger partial charge in [-0.2, -0.15) is 0 Å². The van der Waals surface area contributed by atoms with Crippen LogP contribution in [0, 0.1) is 0 Å². The van der Waals surface area contributed by atoms with Crippen molar-refractivity contribution in [2.75, 3.05) is 0 Å². The third kappa shape index (κ3) is 3.24.